The van der Waals surface area contributed by atoms with Crippen molar-refractivity contribution in [1.82, 2.24) is 0 Å². The van der Waals surface area contributed by atoms with Crippen molar-refractivity contribution >= 4 is 11.6 Å². The molecule has 4 rings (SSSR count). The first-order valence-corrected chi connectivity index (χ1v) is 10.4. The van der Waals surface area contributed by atoms with E-state index in [2.05, 4.69) is 5.32 Å². The number of hydrogen-bond donors (Lipinski definition) is 1. The Balaban J connectivity index is 1.48. The molecule has 1 N–H and O–H groups in total. The molecule has 166 valence electrons. The standard InChI is InChI=1S/C25H25NO6/c1-3-29-22-10-4-17(14-18(22)16-32-21-8-6-20(28-2)7-9-21)25(27)26-19-5-11-23-24(15-19)31-13-12-30-23/h4-11,14-15H,3,12-13,16H2,1-2H3,(H,26,27). The number of amides is 1. The first-order valence-electron chi connectivity index (χ1n) is 10.4. The Kier molecular flexibility index (Phi) is 6.65. The summed E-state index contributed by atoms with van der Waals surface area (Å²) in [5.74, 6) is 3.18. The number of nitrogens with one attached hydrogen (secondary N) is 1. The van der Waals surface area contributed by atoms with E-state index >= 15 is 0 Å². The van der Waals surface area contributed by atoms with Crippen LogP contribution in [0.2, 0.25) is 0 Å². The quantitative estimate of drug-likeness (QED) is 0.553. The number of carbonyl (C=O) groups excluding carboxylic acids is 1. The van der Waals surface area contributed by atoms with Gasteiger partial charge in [0.05, 0.1) is 13.7 Å². The van der Waals surface area contributed by atoms with Crippen molar-refractivity contribution < 1.29 is 28.5 Å². The monoisotopic (exact) mass is 435 g/mol. The van der Waals surface area contributed by atoms with Crippen LogP contribution in [0.5, 0.6) is 28.7 Å². The first kappa shape index (κ1) is 21.4. The Bertz CT molecular complexity index is 1080. The normalized spacial score (nSPS) is 12.1. The van der Waals surface area contributed by atoms with E-state index in [1.165, 1.54) is 0 Å². The van der Waals surface area contributed by atoms with Gasteiger partial charge < -0.3 is 29.0 Å². The fourth-order valence-corrected chi connectivity index (χ4v) is 3.29. The number of hydrogen-bond acceptors (Lipinski definition) is 6. The predicted octanol–water partition coefficient (Wildman–Crippen LogP) is 4.70. The number of anilines is 1. The Morgan fingerprint density at radius 1 is 0.906 bits per heavy atom. The summed E-state index contributed by atoms with van der Waals surface area (Å²) < 4.78 is 27.9. The third-order valence-electron chi connectivity index (χ3n) is 4.88. The van der Waals surface area contributed by atoms with Gasteiger partial charge in [0, 0.05) is 22.9 Å². The lowest BCUT2D eigenvalue weighted by Gasteiger charge is -2.19. The Labute approximate surface area is 186 Å². The van der Waals surface area contributed by atoms with Gasteiger partial charge in [0.25, 0.3) is 5.91 Å². The van der Waals surface area contributed by atoms with Gasteiger partial charge in [-0.25, -0.2) is 0 Å². The molecule has 0 fully saturated rings. The minimum Gasteiger partial charge on any atom is -0.497 e. The number of carbonyl (C=O) groups is 1. The summed E-state index contributed by atoms with van der Waals surface area (Å²) in [5, 5.41) is 2.90. The second-order valence-corrected chi connectivity index (χ2v) is 7.03. The van der Waals surface area contributed by atoms with Gasteiger partial charge in [0.2, 0.25) is 0 Å². The Morgan fingerprint density at radius 3 is 2.41 bits per heavy atom. The minimum absolute atomic E-state index is 0.240. The molecule has 0 saturated carbocycles. The minimum atomic E-state index is -0.240. The van der Waals surface area contributed by atoms with E-state index in [-0.39, 0.29) is 12.5 Å². The Hall–Kier alpha value is -3.87. The maximum atomic E-state index is 12.9. The second kappa shape index (κ2) is 9.96. The molecule has 32 heavy (non-hydrogen) atoms. The molecule has 3 aromatic carbocycles. The van der Waals surface area contributed by atoms with Crippen LogP contribution in [0.4, 0.5) is 5.69 Å². The third kappa shape index (κ3) is 5.06. The molecule has 0 radical (unpaired) electrons. The molecule has 0 atom stereocenters. The van der Waals surface area contributed by atoms with Crippen molar-refractivity contribution in [2.75, 3.05) is 32.2 Å². The van der Waals surface area contributed by atoms with Gasteiger partial charge in [0.15, 0.2) is 11.5 Å². The molecule has 0 saturated heterocycles. The van der Waals surface area contributed by atoms with Crippen LogP contribution < -0.4 is 29.0 Å². The maximum absolute atomic E-state index is 12.9. The zero-order chi connectivity index (χ0) is 22.3. The summed E-state index contributed by atoms with van der Waals surface area (Å²) in [6.07, 6.45) is 0. The highest BCUT2D eigenvalue weighted by atomic mass is 16.6. The van der Waals surface area contributed by atoms with E-state index in [1.54, 1.807) is 43.5 Å². The molecule has 1 aliphatic heterocycles. The van der Waals surface area contributed by atoms with Gasteiger partial charge in [-0.1, -0.05) is 0 Å². The zero-order valence-electron chi connectivity index (χ0n) is 18.1. The number of rotatable bonds is 8. The van der Waals surface area contributed by atoms with Crippen LogP contribution >= 0.6 is 0 Å². The SMILES string of the molecule is CCOc1ccc(C(=O)Nc2ccc3c(c2)OCCO3)cc1COc1ccc(OC)cc1. The highest BCUT2D eigenvalue weighted by Gasteiger charge is 2.15. The lowest BCUT2D eigenvalue weighted by Crippen LogP contribution is -2.16. The van der Waals surface area contributed by atoms with Crippen molar-refractivity contribution in [3.63, 3.8) is 0 Å². The number of fused-ring (bicyclic) bond motifs is 1. The van der Waals surface area contributed by atoms with E-state index in [1.807, 2.05) is 31.2 Å². The summed E-state index contributed by atoms with van der Waals surface area (Å²) in [6, 6.07) is 18.0. The van der Waals surface area contributed by atoms with Crippen LogP contribution in [0.3, 0.4) is 0 Å². The summed E-state index contributed by atoms with van der Waals surface area (Å²) in [4.78, 5) is 12.9. The van der Waals surface area contributed by atoms with E-state index in [9.17, 15) is 4.79 Å². The van der Waals surface area contributed by atoms with Crippen molar-refractivity contribution in [2.24, 2.45) is 0 Å². The van der Waals surface area contributed by atoms with E-state index < -0.39 is 0 Å². The van der Waals surface area contributed by atoms with Gasteiger partial charge >= 0.3 is 0 Å². The Morgan fingerprint density at radius 2 is 1.66 bits per heavy atom. The molecule has 7 heteroatoms. The summed E-state index contributed by atoms with van der Waals surface area (Å²) >= 11 is 0. The van der Waals surface area contributed by atoms with Crippen molar-refractivity contribution in [2.45, 2.75) is 13.5 Å². The fraction of sp³-hybridized carbons (Fsp3) is 0.240. The van der Waals surface area contributed by atoms with Gasteiger partial charge in [-0.15, -0.1) is 0 Å². The topological polar surface area (TPSA) is 75.3 Å². The number of ether oxygens (including phenoxy) is 5. The summed E-state index contributed by atoms with van der Waals surface area (Å²) in [5.41, 5.74) is 1.90. The molecule has 0 aromatic heterocycles. The predicted molar refractivity (Wildman–Crippen MR) is 120 cm³/mol. The van der Waals surface area contributed by atoms with Crippen LogP contribution in [0, 0.1) is 0 Å². The van der Waals surface area contributed by atoms with Crippen LogP contribution in [0.25, 0.3) is 0 Å². The van der Waals surface area contributed by atoms with Gasteiger partial charge in [-0.05, 0) is 61.5 Å². The largest absolute Gasteiger partial charge is 0.497 e. The molecular weight excluding hydrogens is 410 g/mol. The molecule has 0 aliphatic carbocycles. The molecule has 1 heterocycles. The molecule has 0 spiro atoms. The lowest BCUT2D eigenvalue weighted by atomic mass is 10.1. The summed E-state index contributed by atoms with van der Waals surface area (Å²) in [6.45, 7) is 3.69. The second-order valence-electron chi connectivity index (χ2n) is 7.03. The average molecular weight is 435 g/mol. The van der Waals surface area contributed by atoms with E-state index in [0.29, 0.717) is 54.1 Å². The fourth-order valence-electron chi connectivity index (χ4n) is 3.29. The molecule has 1 amide bonds. The van der Waals surface area contributed by atoms with Crippen LogP contribution in [0.1, 0.15) is 22.8 Å². The van der Waals surface area contributed by atoms with Crippen LogP contribution in [0.15, 0.2) is 60.7 Å². The van der Waals surface area contributed by atoms with E-state index in [0.717, 1.165) is 11.3 Å². The number of benzene rings is 3. The van der Waals surface area contributed by atoms with Crippen LogP contribution in [-0.4, -0.2) is 32.8 Å². The van der Waals surface area contributed by atoms with Gasteiger partial charge in [0.1, 0.15) is 37.1 Å². The summed E-state index contributed by atoms with van der Waals surface area (Å²) in [7, 11) is 1.62. The van der Waals surface area contributed by atoms with E-state index in [4.69, 9.17) is 23.7 Å². The van der Waals surface area contributed by atoms with Crippen LogP contribution in [-0.2, 0) is 6.61 Å². The zero-order valence-corrected chi connectivity index (χ0v) is 18.1. The average Bonchev–Trinajstić information content (AvgIpc) is 2.83. The number of methoxy groups -OCH3 is 1. The molecule has 0 bridgehead atoms. The van der Waals surface area contributed by atoms with Gasteiger partial charge in [-0.2, -0.15) is 0 Å². The highest BCUT2D eigenvalue weighted by molar-refractivity contribution is 6.04. The smallest absolute Gasteiger partial charge is 0.255 e. The highest BCUT2D eigenvalue weighted by Crippen LogP contribution is 2.33. The first-order chi connectivity index (χ1) is 15.7. The molecule has 7 nitrogen and oxygen atoms in total. The molecule has 1 aliphatic rings. The van der Waals surface area contributed by atoms with Crippen molar-refractivity contribution in [3.05, 3.63) is 71.8 Å². The van der Waals surface area contributed by atoms with Gasteiger partial charge in [-0.3, -0.25) is 4.79 Å². The van der Waals surface area contributed by atoms with Crippen molar-refractivity contribution in [3.8, 4) is 28.7 Å². The molecule has 3 aromatic rings. The third-order valence-corrected chi connectivity index (χ3v) is 4.88. The molecular formula is C25H25NO6. The lowest BCUT2D eigenvalue weighted by molar-refractivity contribution is 0.102. The molecule has 0 unspecified atom stereocenters. The maximum Gasteiger partial charge on any atom is 0.255 e. The van der Waals surface area contributed by atoms with Crippen molar-refractivity contribution in [1.29, 1.82) is 0 Å².